The average Bonchev–Trinajstić information content (AvgIpc) is 2.51. The van der Waals surface area contributed by atoms with E-state index in [0.717, 1.165) is 6.33 Å². The normalized spacial score (nSPS) is 10.6. The van der Waals surface area contributed by atoms with E-state index >= 15 is 0 Å². The molecule has 0 radical (unpaired) electrons. The molecule has 25 heavy (non-hydrogen) atoms. The smallest absolute Gasteiger partial charge is 0.422 e. The molecule has 3 N–H and O–H groups in total. The number of nitrogens with two attached hydrogens (primary N) is 1. The number of amides is 1. The van der Waals surface area contributed by atoms with Gasteiger partial charge in [-0.05, 0) is 18.1 Å². The SMILES string of the molecule is CC(=O)Nc1cc(C#Cc2ncnc(OCC(F)(F)F)c2N)ccn1. The van der Waals surface area contributed by atoms with Gasteiger partial charge in [0.2, 0.25) is 11.8 Å². The van der Waals surface area contributed by atoms with Crippen LogP contribution in [0.1, 0.15) is 18.2 Å². The molecule has 0 aromatic carbocycles. The van der Waals surface area contributed by atoms with Crippen molar-refractivity contribution in [1.82, 2.24) is 15.0 Å². The summed E-state index contributed by atoms with van der Waals surface area (Å²) in [5.41, 5.74) is 6.00. The summed E-state index contributed by atoms with van der Waals surface area (Å²) in [5, 5.41) is 2.50. The molecule has 0 aliphatic carbocycles. The van der Waals surface area contributed by atoms with Crippen molar-refractivity contribution in [3.05, 3.63) is 35.9 Å². The van der Waals surface area contributed by atoms with Gasteiger partial charge in [0, 0.05) is 18.7 Å². The number of halogens is 3. The van der Waals surface area contributed by atoms with E-state index in [1.807, 2.05) is 0 Å². The monoisotopic (exact) mass is 351 g/mol. The van der Waals surface area contributed by atoms with Crippen molar-refractivity contribution in [2.45, 2.75) is 13.1 Å². The largest absolute Gasteiger partial charge is 0.466 e. The van der Waals surface area contributed by atoms with Crippen molar-refractivity contribution in [3.63, 3.8) is 0 Å². The Balaban J connectivity index is 2.21. The second-order valence-electron chi connectivity index (χ2n) is 4.71. The number of hydrogen-bond acceptors (Lipinski definition) is 6. The number of nitrogens with zero attached hydrogens (tertiary/aromatic N) is 3. The van der Waals surface area contributed by atoms with Crippen molar-refractivity contribution in [2.75, 3.05) is 17.7 Å². The summed E-state index contributed by atoms with van der Waals surface area (Å²) < 4.78 is 41.1. The molecule has 0 unspecified atom stereocenters. The number of nitrogens with one attached hydrogen (secondary N) is 1. The number of aromatic nitrogens is 3. The third kappa shape index (κ3) is 5.65. The third-order valence-electron chi connectivity index (χ3n) is 2.61. The molecule has 0 spiro atoms. The minimum Gasteiger partial charge on any atom is -0.466 e. The summed E-state index contributed by atoms with van der Waals surface area (Å²) in [5.74, 6) is 4.97. The number of hydrogen-bond donors (Lipinski definition) is 2. The summed E-state index contributed by atoms with van der Waals surface area (Å²) in [6, 6.07) is 3.10. The van der Waals surface area contributed by atoms with Crippen molar-refractivity contribution in [3.8, 4) is 17.7 Å². The quantitative estimate of drug-likeness (QED) is 0.817. The Hall–Kier alpha value is -3.35. The van der Waals surface area contributed by atoms with Gasteiger partial charge in [-0.15, -0.1) is 0 Å². The minimum absolute atomic E-state index is 0.0186. The summed E-state index contributed by atoms with van der Waals surface area (Å²) in [6.45, 7) is -0.185. The van der Waals surface area contributed by atoms with Gasteiger partial charge in [0.05, 0.1) is 0 Å². The number of rotatable bonds is 3. The predicted molar refractivity (Wildman–Crippen MR) is 82.5 cm³/mol. The maximum atomic E-state index is 12.2. The Kier molecular flexibility index (Phi) is 5.38. The molecule has 2 heterocycles. The molecule has 0 saturated heterocycles. The topological polar surface area (TPSA) is 103 Å². The van der Waals surface area contributed by atoms with Crippen LogP contribution in [0.15, 0.2) is 24.7 Å². The highest BCUT2D eigenvalue weighted by molar-refractivity contribution is 5.87. The second-order valence-corrected chi connectivity index (χ2v) is 4.71. The van der Waals surface area contributed by atoms with Gasteiger partial charge in [0.15, 0.2) is 6.61 Å². The van der Waals surface area contributed by atoms with Crippen molar-refractivity contribution in [2.24, 2.45) is 0 Å². The number of ether oxygens (including phenoxy) is 1. The Morgan fingerprint density at radius 2 is 2.08 bits per heavy atom. The van der Waals surface area contributed by atoms with E-state index in [0.29, 0.717) is 11.4 Å². The maximum absolute atomic E-state index is 12.2. The molecule has 2 aromatic heterocycles. The van der Waals surface area contributed by atoms with Gasteiger partial charge in [-0.2, -0.15) is 18.2 Å². The first kappa shape index (κ1) is 18.0. The molecule has 7 nitrogen and oxygen atoms in total. The molecule has 0 aliphatic heterocycles. The summed E-state index contributed by atoms with van der Waals surface area (Å²) in [7, 11) is 0. The fourth-order valence-electron chi connectivity index (χ4n) is 1.63. The molecule has 0 aliphatic rings. The van der Waals surface area contributed by atoms with Gasteiger partial charge in [-0.25, -0.2) is 9.97 Å². The average molecular weight is 351 g/mol. The van der Waals surface area contributed by atoms with E-state index in [1.54, 1.807) is 6.07 Å². The highest BCUT2D eigenvalue weighted by Crippen LogP contribution is 2.23. The van der Waals surface area contributed by atoms with E-state index in [9.17, 15) is 18.0 Å². The molecule has 2 aromatic rings. The van der Waals surface area contributed by atoms with Gasteiger partial charge in [0.1, 0.15) is 23.5 Å². The van der Waals surface area contributed by atoms with Crippen LogP contribution < -0.4 is 15.8 Å². The van der Waals surface area contributed by atoms with Crippen LogP contribution in [0.5, 0.6) is 5.88 Å². The standard InChI is InChI=1S/C15H12F3N5O2/c1-9(24)23-12-6-10(4-5-20-12)2-3-11-13(19)14(22-8-21-11)25-7-15(16,17)18/h4-6,8H,7,19H2,1H3,(H,20,23,24). The van der Waals surface area contributed by atoms with E-state index in [-0.39, 0.29) is 17.3 Å². The summed E-state index contributed by atoms with van der Waals surface area (Å²) >= 11 is 0. The third-order valence-corrected chi connectivity index (χ3v) is 2.61. The molecule has 130 valence electrons. The molecule has 0 saturated carbocycles. The Morgan fingerprint density at radius 3 is 2.76 bits per heavy atom. The van der Waals surface area contributed by atoms with Gasteiger partial charge < -0.3 is 15.8 Å². The number of carbonyl (C=O) groups excluding carboxylic acids is 1. The Morgan fingerprint density at radius 1 is 1.32 bits per heavy atom. The van der Waals surface area contributed by atoms with E-state index in [1.165, 1.54) is 19.2 Å². The molecule has 2 rings (SSSR count). The lowest BCUT2D eigenvalue weighted by Gasteiger charge is -2.10. The zero-order valence-corrected chi connectivity index (χ0v) is 12.9. The van der Waals surface area contributed by atoms with Crippen LogP contribution in [0.25, 0.3) is 0 Å². The van der Waals surface area contributed by atoms with Gasteiger partial charge >= 0.3 is 6.18 Å². The molecule has 1 amide bonds. The van der Waals surface area contributed by atoms with Crippen molar-refractivity contribution in [1.29, 1.82) is 0 Å². The number of nitrogen functional groups attached to an aromatic ring is 1. The van der Waals surface area contributed by atoms with E-state index in [4.69, 9.17) is 5.73 Å². The van der Waals surface area contributed by atoms with E-state index < -0.39 is 18.7 Å². The Labute approximate surface area is 140 Å². The minimum atomic E-state index is -4.51. The zero-order valence-electron chi connectivity index (χ0n) is 12.9. The predicted octanol–water partition coefficient (Wildman–Crippen LogP) is 1.75. The van der Waals surface area contributed by atoms with Crippen molar-refractivity contribution >= 4 is 17.4 Å². The number of pyridine rings is 1. The van der Waals surface area contributed by atoms with Crippen LogP contribution in [0.2, 0.25) is 0 Å². The lowest BCUT2D eigenvalue weighted by Crippen LogP contribution is -2.20. The first-order valence-corrected chi connectivity index (χ1v) is 6.80. The van der Waals surface area contributed by atoms with Gasteiger partial charge in [-0.3, -0.25) is 4.79 Å². The number of alkyl halides is 3. The highest BCUT2D eigenvalue weighted by atomic mass is 19.4. The van der Waals surface area contributed by atoms with Crippen LogP contribution in [0.4, 0.5) is 24.7 Å². The van der Waals surface area contributed by atoms with Crippen LogP contribution >= 0.6 is 0 Å². The summed E-state index contributed by atoms with van der Waals surface area (Å²) in [6.07, 6.45) is -2.07. The first-order chi connectivity index (χ1) is 11.7. The molecular formula is C15H12F3N5O2. The van der Waals surface area contributed by atoms with E-state index in [2.05, 4.69) is 36.8 Å². The Bertz CT molecular complexity index is 843. The molecule has 0 fully saturated rings. The molecule has 0 bridgehead atoms. The number of anilines is 2. The van der Waals surface area contributed by atoms with Crippen LogP contribution in [0, 0.1) is 11.8 Å². The lowest BCUT2D eigenvalue weighted by molar-refractivity contribution is -0.154. The fraction of sp³-hybridized carbons (Fsp3) is 0.200. The van der Waals surface area contributed by atoms with Crippen molar-refractivity contribution < 1.29 is 22.7 Å². The van der Waals surface area contributed by atoms with Crippen LogP contribution in [0.3, 0.4) is 0 Å². The molecule has 10 heteroatoms. The zero-order chi connectivity index (χ0) is 18.4. The number of carbonyl (C=O) groups is 1. The van der Waals surface area contributed by atoms with Crippen LogP contribution in [-0.2, 0) is 4.79 Å². The maximum Gasteiger partial charge on any atom is 0.422 e. The first-order valence-electron chi connectivity index (χ1n) is 6.80. The van der Waals surface area contributed by atoms with Crippen LogP contribution in [-0.4, -0.2) is 33.6 Å². The lowest BCUT2D eigenvalue weighted by atomic mass is 10.2. The van der Waals surface area contributed by atoms with Gasteiger partial charge in [0.25, 0.3) is 0 Å². The molecular weight excluding hydrogens is 339 g/mol. The van der Waals surface area contributed by atoms with Gasteiger partial charge in [-0.1, -0.05) is 5.92 Å². The summed E-state index contributed by atoms with van der Waals surface area (Å²) in [4.78, 5) is 22.3. The second kappa shape index (κ2) is 7.48. The molecule has 0 atom stereocenters. The fourth-order valence-corrected chi connectivity index (χ4v) is 1.63. The highest BCUT2D eigenvalue weighted by Gasteiger charge is 2.29.